The number of Topliss-reactive ketones (excluding diaryl/α,β-unsaturated/α-hetero) is 1. The summed E-state index contributed by atoms with van der Waals surface area (Å²) in [5, 5.41) is 0.515. The Morgan fingerprint density at radius 3 is 2.15 bits per heavy atom. The summed E-state index contributed by atoms with van der Waals surface area (Å²) in [6.07, 6.45) is 0. The fourth-order valence-electron chi connectivity index (χ4n) is 1.90. The molecule has 20 heavy (non-hydrogen) atoms. The molecule has 3 heteroatoms. The summed E-state index contributed by atoms with van der Waals surface area (Å²) >= 11 is 7.77. The highest BCUT2D eigenvalue weighted by Crippen LogP contribution is 2.31. The molecule has 0 atom stereocenters. The summed E-state index contributed by atoms with van der Waals surface area (Å²) in [5.74, 6) is 0.534. The number of hydrogen-bond donors (Lipinski definition) is 0. The lowest BCUT2D eigenvalue weighted by Gasteiger charge is -2.08. The molecule has 0 radical (unpaired) electrons. The number of carbonyl (C=O) groups is 1. The number of benzene rings is 2. The van der Waals surface area contributed by atoms with E-state index in [1.165, 1.54) is 17.4 Å². The van der Waals surface area contributed by atoms with E-state index in [0.717, 1.165) is 4.90 Å². The van der Waals surface area contributed by atoms with Gasteiger partial charge in [-0.3, -0.25) is 4.79 Å². The minimum atomic E-state index is -0.00663. The summed E-state index contributed by atoms with van der Waals surface area (Å²) in [4.78, 5) is 13.6. The number of rotatable bonds is 4. The van der Waals surface area contributed by atoms with E-state index >= 15 is 0 Å². The molecule has 0 amide bonds. The Balaban J connectivity index is 2.17. The molecule has 0 aliphatic carbocycles. The lowest BCUT2D eigenvalue weighted by Crippen LogP contribution is -1.92. The minimum Gasteiger partial charge on any atom is -0.294 e. The Kier molecular flexibility index (Phi) is 4.90. The van der Waals surface area contributed by atoms with Crippen LogP contribution in [-0.4, -0.2) is 5.78 Å². The summed E-state index contributed by atoms with van der Waals surface area (Å²) in [5.41, 5.74) is 1.91. The fraction of sp³-hybridized carbons (Fsp3) is 0.235. The van der Waals surface area contributed by atoms with E-state index in [2.05, 4.69) is 38.1 Å². The Morgan fingerprint density at radius 2 is 1.65 bits per heavy atom. The molecule has 0 heterocycles. The molecule has 1 nitrogen and oxygen atoms in total. The normalized spacial score (nSPS) is 10.8. The predicted octanol–water partition coefficient (Wildman–Crippen LogP) is 5.82. The molecular formula is C17H17ClOS. The van der Waals surface area contributed by atoms with Crippen molar-refractivity contribution in [2.24, 2.45) is 0 Å². The molecular weight excluding hydrogens is 288 g/mol. The van der Waals surface area contributed by atoms with Crippen molar-refractivity contribution in [2.75, 3.05) is 0 Å². The van der Waals surface area contributed by atoms with E-state index in [-0.39, 0.29) is 5.78 Å². The lowest BCUT2D eigenvalue weighted by molar-refractivity contribution is 0.101. The Labute approximate surface area is 129 Å². The maximum absolute atomic E-state index is 11.3. The minimum absolute atomic E-state index is 0.00663. The first-order valence-electron chi connectivity index (χ1n) is 6.55. The highest BCUT2D eigenvalue weighted by atomic mass is 35.5. The molecule has 0 spiro atoms. The number of carbonyl (C=O) groups excluding carboxylic acids is 1. The van der Waals surface area contributed by atoms with Crippen LogP contribution in [-0.2, 0) is 0 Å². The Hall–Kier alpha value is -1.25. The van der Waals surface area contributed by atoms with Crippen molar-refractivity contribution in [1.29, 1.82) is 0 Å². The van der Waals surface area contributed by atoms with Crippen molar-refractivity contribution in [3.8, 4) is 0 Å². The zero-order valence-corrected chi connectivity index (χ0v) is 13.4. The van der Waals surface area contributed by atoms with Gasteiger partial charge in [-0.05, 0) is 48.7 Å². The molecule has 0 aliphatic rings. The van der Waals surface area contributed by atoms with Gasteiger partial charge in [0.25, 0.3) is 0 Å². The van der Waals surface area contributed by atoms with E-state index in [1.807, 2.05) is 12.1 Å². The van der Waals surface area contributed by atoms with Gasteiger partial charge in [0.05, 0.1) is 5.02 Å². The van der Waals surface area contributed by atoms with Crippen LogP contribution in [0.4, 0.5) is 0 Å². The van der Waals surface area contributed by atoms with Gasteiger partial charge < -0.3 is 0 Å². The van der Waals surface area contributed by atoms with Crippen molar-refractivity contribution in [3.05, 3.63) is 58.6 Å². The van der Waals surface area contributed by atoms with Crippen LogP contribution in [0.2, 0.25) is 5.02 Å². The first kappa shape index (κ1) is 15.1. The van der Waals surface area contributed by atoms with Gasteiger partial charge in [0.15, 0.2) is 5.78 Å². The highest BCUT2D eigenvalue weighted by Gasteiger charge is 2.07. The van der Waals surface area contributed by atoms with Crippen LogP contribution in [0.15, 0.2) is 52.3 Å². The van der Waals surface area contributed by atoms with Crippen LogP contribution >= 0.6 is 23.4 Å². The average Bonchev–Trinajstić information content (AvgIpc) is 2.39. The van der Waals surface area contributed by atoms with Gasteiger partial charge >= 0.3 is 0 Å². The van der Waals surface area contributed by atoms with E-state index in [1.54, 1.807) is 17.8 Å². The summed E-state index contributed by atoms with van der Waals surface area (Å²) in [6.45, 7) is 5.89. The monoisotopic (exact) mass is 304 g/mol. The Morgan fingerprint density at radius 1 is 1.05 bits per heavy atom. The second-order valence-corrected chi connectivity index (χ2v) is 6.58. The molecule has 0 aromatic heterocycles. The first-order chi connectivity index (χ1) is 9.47. The largest absolute Gasteiger partial charge is 0.294 e. The summed E-state index contributed by atoms with van der Waals surface area (Å²) in [6, 6.07) is 14.1. The fourth-order valence-corrected chi connectivity index (χ4v) is 3.14. The molecule has 2 rings (SSSR count). The second-order valence-electron chi connectivity index (χ2n) is 5.02. The quantitative estimate of drug-likeness (QED) is 0.662. The molecule has 0 saturated heterocycles. The summed E-state index contributed by atoms with van der Waals surface area (Å²) < 4.78 is 0. The number of hydrogen-bond acceptors (Lipinski definition) is 2. The SMILES string of the molecule is CC(=O)c1ccc(Sc2ccc(C(C)C)cc2)cc1Cl. The molecule has 104 valence electrons. The number of halogens is 1. The van der Waals surface area contributed by atoms with Crippen LogP contribution in [0.25, 0.3) is 0 Å². The zero-order valence-electron chi connectivity index (χ0n) is 11.8. The van der Waals surface area contributed by atoms with Crippen LogP contribution in [0, 0.1) is 0 Å². The van der Waals surface area contributed by atoms with Crippen LogP contribution in [0.3, 0.4) is 0 Å². The molecule has 0 fully saturated rings. The van der Waals surface area contributed by atoms with Gasteiger partial charge in [-0.25, -0.2) is 0 Å². The van der Waals surface area contributed by atoms with Crippen LogP contribution < -0.4 is 0 Å². The van der Waals surface area contributed by atoms with Crippen molar-refractivity contribution in [2.45, 2.75) is 36.5 Å². The standard InChI is InChI=1S/C17H17ClOS/c1-11(2)13-4-6-14(7-5-13)20-15-8-9-16(12(3)19)17(18)10-15/h4-11H,1-3H3. The molecule has 0 bridgehead atoms. The van der Waals surface area contributed by atoms with Crippen molar-refractivity contribution in [3.63, 3.8) is 0 Å². The van der Waals surface area contributed by atoms with Gasteiger partial charge in [-0.2, -0.15) is 0 Å². The first-order valence-corrected chi connectivity index (χ1v) is 7.75. The average molecular weight is 305 g/mol. The van der Waals surface area contributed by atoms with Crippen LogP contribution in [0.1, 0.15) is 42.6 Å². The highest BCUT2D eigenvalue weighted by molar-refractivity contribution is 7.99. The molecule has 2 aromatic rings. The van der Waals surface area contributed by atoms with Gasteiger partial charge in [0.1, 0.15) is 0 Å². The van der Waals surface area contributed by atoms with Crippen molar-refractivity contribution < 1.29 is 4.79 Å². The third kappa shape index (κ3) is 3.65. The van der Waals surface area contributed by atoms with E-state index in [9.17, 15) is 4.79 Å². The maximum Gasteiger partial charge on any atom is 0.161 e. The van der Waals surface area contributed by atoms with E-state index < -0.39 is 0 Å². The van der Waals surface area contributed by atoms with Gasteiger partial charge in [-0.1, -0.05) is 49.3 Å². The third-order valence-electron chi connectivity index (χ3n) is 3.10. The molecule has 0 saturated carbocycles. The molecule has 0 unspecified atom stereocenters. The van der Waals surface area contributed by atoms with Gasteiger partial charge in [0.2, 0.25) is 0 Å². The number of ketones is 1. The van der Waals surface area contributed by atoms with E-state index in [4.69, 9.17) is 11.6 Å². The zero-order chi connectivity index (χ0) is 14.7. The van der Waals surface area contributed by atoms with E-state index in [0.29, 0.717) is 16.5 Å². The second kappa shape index (κ2) is 6.47. The Bertz CT molecular complexity index is 617. The smallest absolute Gasteiger partial charge is 0.161 e. The van der Waals surface area contributed by atoms with Gasteiger partial charge in [0, 0.05) is 15.4 Å². The summed E-state index contributed by atoms with van der Waals surface area (Å²) in [7, 11) is 0. The third-order valence-corrected chi connectivity index (χ3v) is 4.41. The molecule has 2 aromatic carbocycles. The van der Waals surface area contributed by atoms with Crippen LogP contribution in [0.5, 0.6) is 0 Å². The van der Waals surface area contributed by atoms with Crippen molar-refractivity contribution in [1.82, 2.24) is 0 Å². The van der Waals surface area contributed by atoms with Crippen molar-refractivity contribution >= 4 is 29.1 Å². The molecule has 0 aliphatic heterocycles. The molecule has 0 N–H and O–H groups in total. The lowest BCUT2D eigenvalue weighted by atomic mass is 10.0. The predicted molar refractivity (Wildman–Crippen MR) is 86.1 cm³/mol. The van der Waals surface area contributed by atoms with Gasteiger partial charge in [-0.15, -0.1) is 0 Å². The topological polar surface area (TPSA) is 17.1 Å². The maximum atomic E-state index is 11.3.